The molecule has 1 amide bonds. The zero-order chi connectivity index (χ0) is 14.7. The highest BCUT2D eigenvalue weighted by Crippen LogP contribution is 2.19. The van der Waals surface area contributed by atoms with Crippen LogP contribution in [0.25, 0.3) is 0 Å². The summed E-state index contributed by atoms with van der Waals surface area (Å²) in [6, 6.07) is 5.91. The maximum Gasteiger partial charge on any atom is 0.273 e. The number of nitro groups is 1. The number of para-hydroxylation sites is 1. The lowest BCUT2D eigenvalue weighted by atomic mass is 10.1. The van der Waals surface area contributed by atoms with Gasteiger partial charge in [-0.25, -0.2) is 0 Å². The minimum Gasteiger partial charge on any atom is -0.390 e. The smallest absolute Gasteiger partial charge is 0.273 e. The number of β-amino-alcohol motifs (C(OH)–C–C–N with tert-alkyl or cyclic N) is 1. The summed E-state index contributed by atoms with van der Waals surface area (Å²) in [7, 11) is 1.61. The molecule has 7 heteroatoms. The summed E-state index contributed by atoms with van der Waals surface area (Å²) in [6.45, 7) is 0.980. The predicted molar refractivity (Wildman–Crippen MR) is 72.2 cm³/mol. The number of aliphatic hydroxyl groups is 1. The molecular weight excluding hydrogens is 262 g/mol. The van der Waals surface area contributed by atoms with Crippen molar-refractivity contribution in [3.8, 4) is 0 Å². The molecule has 0 spiro atoms. The summed E-state index contributed by atoms with van der Waals surface area (Å²) in [6.07, 6.45) is -0.647. The molecule has 0 saturated carbocycles. The Bertz CT molecular complexity index is 520. The van der Waals surface area contributed by atoms with Crippen molar-refractivity contribution in [3.05, 3.63) is 39.9 Å². The van der Waals surface area contributed by atoms with E-state index in [1.807, 2.05) is 0 Å². The quantitative estimate of drug-likeness (QED) is 0.594. The highest BCUT2D eigenvalue weighted by molar-refractivity contribution is 5.80. The number of aliphatic hydroxyl groups excluding tert-OH is 1. The molecule has 108 valence electrons. The van der Waals surface area contributed by atoms with Gasteiger partial charge in [0.1, 0.15) is 0 Å². The second kappa shape index (κ2) is 5.98. The molecule has 1 fully saturated rings. The van der Waals surface area contributed by atoms with E-state index in [0.717, 1.165) is 0 Å². The first-order chi connectivity index (χ1) is 9.50. The molecule has 0 aliphatic carbocycles. The molecule has 1 aromatic rings. The number of carbonyl (C=O) groups is 1. The lowest BCUT2D eigenvalue weighted by molar-refractivity contribution is -0.385. The fourth-order valence-corrected chi connectivity index (χ4v) is 2.36. The van der Waals surface area contributed by atoms with Gasteiger partial charge in [0.05, 0.1) is 23.5 Å². The van der Waals surface area contributed by atoms with E-state index in [-0.39, 0.29) is 24.1 Å². The van der Waals surface area contributed by atoms with Crippen molar-refractivity contribution in [1.29, 1.82) is 0 Å². The van der Waals surface area contributed by atoms with Crippen LogP contribution in [-0.4, -0.2) is 53.1 Å². The van der Waals surface area contributed by atoms with Gasteiger partial charge < -0.3 is 15.3 Å². The number of rotatable bonds is 4. The summed E-state index contributed by atoms with van der Waals surface area (Å²) in [5, 5.41) is 23.7. The van der Waals surface area contributed by atoms with E-state index < -0.39 is 11.0 Å². The van der Waals surface area contributed by atoms with Gasteiger partial charge in [0, 0.05) is 31.8 Å². The van der Waals surface area contributed by atoms with Crippen LogP contribution in [0.15, 0.2) is 24.3 Å². The number of carbonyl (C=O) groups excluding carboxylic acids is 1. The van der Waals surface area contributed by atoms with Crippen molar-refractivity contribution < 1.29 is 14.8 Å². The number of likely N-dealkylation sites (N-methyl/N-ethyl adjacent to an activating group) is 1. The fraction of sp³-hybridized carbons (Fsp3) is 0.462. The number of amides is 1. The number of hydrogen-bond donors (Lipinski definition) is 2. The first kappa shape index (κ1) is 14.4. The summed E-state index contributed by atoms with van der Waals surface area (Å²) < 4.78 is 0. The van der Waals surface area contributed by atoms with Gasteiger partial charge in [-0.1, -0.05) is 18.2 Å². The number of nitro benzene ring substituents is 1. The molecule has 0 unspecified atom stereocenters. The van der Waals surface area contributed by atoms with Crippen molar-refractivity contribution >= 4 is 11.6 Å². The van der Waals surface area contributed by atoms with E-state index in [1.54, 1.807) is 25.2 Å². The third-order valence-corrected chi connectivity index (χ3v) is 3.57. The van der Waals surface area contributed by atoms with Crippen molar-refractivity contribution in [2.75, 3.05) is 20.1 Å². The van der Waals surface area contributed by atoms with E-state index in [9.17, 15) is 20.0 Å². The van der Waals surface area contributed by atoms with Gasteiger partial charge in [0.15, 0.2) is 0 Å². The van der Waals surface area contributed by atoms with E-state index in [2.05, 4.69) is 5.32 Å². The molecule has 2 N–H and O–H groups in total. The Hall–Kier alpha value is -1.99. The minimum atomic E-state index is -0.602. The maximum absolute atomic E-state index is 12.2. The molecular formula is C13H17N3O4. The first-order valence-electron chi connectivity index (χ1n) is 6.37. The van der Waals surface area contributed by atoms with Gasteiger partial charge in [-0.15, -0.1) is 0 Å². The highest BCUT2D eigenvalue weighted by Gasteiger charge is 2.31. The first-order valence-corrected chi connectivity index (χ1v) is 6.37. The third kappa shape index (κ3) is 2.94. The van der Waals surface area contributed by atoms with Gasteiger partial charge in [-0.05, 0) is 0 Å². The number of nitrogens with one attached hydrogen (secondary N) is 1. The summed E-state index contributed by atoms with van der Waals surface area (Å²) >= 11 is 0. The van der Waals surface area contributed by atoms with Crippen LogP contribution in [0.1, 0.15) is 5.56 Å². The molecule has 2 rings (SSSR count). The second-order valence-corrected chi connectivity index (χ2v) is 4.86. The zero-order valence-electron chi connectivity index (χ0n) is 11.2. The third-order valence-electron chi connectivity index (χ3n) is 3.57. The summed E-state index contributed by atoms with van der Waals surface area (Å²) in [5.74, 6) is -0.243. The Kier molecular flexibility index (Phi) is 4.31. The van der Waals surface area contributed by atoms with Crippen molar-refractivity contribution in [2.24, 2.45) is 0 Å². The minimum absolute atomic E-state index is 0.0448. The molecule has 2 atom stereocenters. The van der Waals surface area contributed by atoms with Crippen LogP contribution in [0.4, 0.5) is 5.69 Å². The Balaban J connectivity index is 2.10. The molecule has 1 saturated heterocycles. The van der Waals surface area contributed by atoms with Crippen LogP contribution < -0.4 is 5.32 Å². The van der Waals surface area contributed by atoms with Gasteiger partial charge >= 0.3 is 0 Å². The van der Waals surface area contributed by atoms with Gasteiger partial charge in [-0.2, -0.15) is 0 Å². The fourth-order valence-electron chi connectivity index (χ4n) is 2.36. The van der Waals surface area contributed by atoms with Crippen LogP contribution in [0.2, 0.25) is 0 Å². The number of nitrogens with zero attached hydrogens (tertiary/aromatic N) is 2. The molecule has 1 heterocycles. The Morgan fingerprint density at radius 1 is 1.50 bits per heavy atom. The van der Waals surface area contributed by atoms with E-state index in [1.165, 1.54) is 11.0 Å². The van der Waals surface area contributed by atoms with Crippen LogP contribution >= 0.6 is 0 Å². The normalized spacial score (nSPS) is 21.7. The van der Waals surface area contributed by atoms with Crippen LogP contribution in [0, 0.1) is 10.1 Å². The molecule has 0 bridgehead atoms. The van der Waals surface area contributed by atoms with Gasteiger partial charge in [-0.3, -0.25) is 14.9 Å². The lowest BCUT2D eigenvalue weighted by Gasteiger charge is -2.26. The number of benzene rings is 1. The van der Waals surface area contributed by atoms with Gasteiger partial charge in [0.25, 0.3) is 5.69 Å². The predicted octanol–water partition coefficient (Wildman–Crippen LogP) is -0.0716. The molecule has 0 aromatic heterocycles. The van der Waals surface area contributed by atoms with Crippen LogP contribution in [-0.2, 0) is 11.2 Å². The van der Waals surface area contributed by atoms with E-state index in [0.29, 0.717) is 18.7 Å². The van der Waals surface area contributed by atoms with Crippen LogP contribution in [0.5, 0.6) is 0 Å². The molecule has 7 nitrogen and oxygen atoms in total. The Labute approximate surface area is 116 Å². The van der Waals surface area contributed by atoms with Crippen molar-refractivity contribution in [3.63, 3.8) is 0 Å². The molecule has 20 heavy (non-hydrogen) atoms. The molecule has 1 aliphatic rings. The van der Waals surface area contributed by atoms with Gasteiger partial charge in [0.2, 0.25) is 5.91 Å². The SMILES string of the molecule is CN(C(=O)Cc1ccccc1[N+](=O)[O-])[C@H]1CNC[C@@H]1O. The van der Waals surface area contributed by atoms with Crippen molar-refractivity contribution in [2.45, 2.75) is 18.6 Å². The second-order valence-electron chi connectivity index (χ2n) is 4.86. The summed E-state index contributed by atoms with van der Waals surface area (Å²) in [4.78, 5) is 24.1. The average molecular weight is 279 g/mol. The molecule has 1 aromatic carbocycles. The monoisotopic (exact) mass is 279 g/mol. The highest BCUT2D eigenvalue weighted by atomic mass is 16.6. The van der Waals surface area contributed by atoms with E-state index >= 15 is 0 Å². The lowest BCUT2D eigenvalue weighted by Crippen LogP contribution is -2.44. The molecule has 0 radical (unpaired) electrons. The maximum atomic E-state index is 12.2. The van der Waals surface area contributed by atoms with Crippen molar-refractivity contribution in [1.82, 2.24) is 10.2 Å². The van der Waals surface area contributed by atoms with E-state index in [4.69, 9.17) is 0 Å². The Morgan fingerprint density at radius 2 is 2.20 bits per heavy atom. The molecule has 1 aliphatic heterocycles. The summed E-state index contributed by atoms with van der Waals surface area (Å²) in [5.41, 5.74) is 0.328. The zero-order valence-corrected chi connectivity index (χ0v) is 11.2. The largest absolute Gasteiger partial charge is 0.390 e. The topological polar surface area (TPSA) is 95.7 Å². The average Bonchev–Trinajstić information content (AvgIpc) is 2.84. The van der Waals surface area contributed by atoms with Crippen LogP contribution in [0.3, 0.4) is 0 Å². The standard InChI is InChI=1S/C13H17N3O4/c1-15(11-7-14-8-12(11)17)13(18)6-9-4-2-3-5-10(9)16(19)20/h2-5,11-12,14,17H,6-8H2,1H3/t11-,12-/m0/s1. The Morgan fingerprint density at radius 3 is 2.80 bits per heavy atom. The number of hydrogen-bond acceptors (Lipinski definition) is 5.